The number of nitrogens with two attached hydrogens (primary N) is 1. The molecule has 1 amide bonds. The number of carbonyl (C=O) groups excluding carboxylic acids is 1. The van der Waals surface area contributed by atoms with Gasteiger partial charge in [0.05, 0.1) is 5.92 Å². The summed E-state index contributed by atoms with van der Waals surface area (Å²) in [6, 6.07) is 4.61. The molecule has 1 aromatic rings. The van der Waals surface area contributed by atoms with Gasteiger partial charge in [-0.3, -0.25) is 4.79 Å². The first-order valence-electron chi connectivity index (χ1n) is 5.62. The summed E-state index contributed by atoms with van der Waals surface area (Å²) in [7, 11) is 3.42. The monoisotopic (exact) mass is 238 g/mol. The Labute approximate surface area is 101 Å². The van der Waals surface area contributed by atoms with Crippen LogP contribution < -0.4 is 5.73 Å². The summed E-state index contributed by atoms with van der Waals surface area (Å²) in [6.07, 6.45) is 0.555. The van der Waals surface area contributed by atoms with E-state index in [1.54, 1.807) is 20.2 Å². The van der Waals surface area contributed by atoms with E-state index in [1.165, 1.54) is 17.0 Å². The predicted octanol–water partition coefficient (Wildman–Crippen LogP) is 1.34. The SMILES string of the molecule is Cc1cc(F)ccc1CC(CN)C(=O)N(C)C. The molecule has 0 radical (unpaired) electrons. The van der Waals surface area contributed by atoms with Crippen LogP contribution >= 0.6 is 0 Å². The molecule has 0 aliphatic carbocycles. The average molecular weight is 238 g/mol. The summed E-state index contributed by atoms with van der Waals surface area (Å²) in [5, 5.41) is 0. The Hall–Kier alpha value is -1.42. The summed E-state index contributed by atoms with van der Waals surface area (Å²) in [5.74, 6) is -0.486. The van der Waals surface area contributed by atoms with E-state index in [1.807, 2.05) is 6.92 Å². The highest BCUT2D eigenvalue weighted by molar-refractivity contribution is 5.78. The number of rotatable bonds is 4. The number of hydrogen-bond donors (Lipinski definition) is 1. The van der Waals surface area contributed by atoms with Crippen LogP contribution in [0.25, 0.3) is 0 Å². The van der Waals surface area contributed by atoms with E-state index in [4.69, 9.17) is 5.73 Å². The van der Waals surface area contributed by atoms with Gasteiger partial charge in [0.2, 0.25) is 5.91 Å². The maximum atomic E-state index is 13.0. The van der Waals surface area contributed by atoms with Gasteiger partial charge >= 0.3 is 0 Å². The lowest BCUT2D eigenvalue weighted by molar-refractivity contribution is -0.132. The summed E-state index contributed by atoms with van der Waals surface area (Å²) >= 11 is 0. The summed E-state index contributed by atoms with van der Waals surface area (Å²) < 4.78 is 13.0. The van der Waals surface area contributed by atoms with Crippen molar-refractivity contribution in [3.05, 3.63) is 35.1 Å². The largest absolute Gasteiger partial charge is 0.349 e. The van der Waals surface area contributed by atoms with Crippen molar-refractivity contribution in [1.29, 1.82) is 0 Å². The molecule has 0 fully saturated rings. The molecule has 0 aliphatic rings. The van der Waals surface area contributed by atoms with Crippen LogP contribution in [0.15, 0.2) is 18.2 Å². The zero-order valence-corrected chi connectivity index (χ0v) is 10.5. The smallest absolute Gasteiger partial charge is 0.226 e. The van der Waals surface area contributed by atoms with Crippen molar-refractivity contribution in [3.8, 4) is 0 Å². The van der Waals surface area contributed by atoms with Gasteiger partial charge < -0.3 is 10.6 Å². The first-order chi connectivity index (χ1) is 7.95. The molecular weight excluding hydrogens is 219 g/mol. The minimum atomic E-state index is -0.255. The van der Waals surface area contributed by atoms with E-state index in [9.17, 15) is 9.18 Å². The second-order valence-corrected chi connectivity index (χ2v) is 4.44. The van der Waals surface area contributed by atoms with Crippen molar-refractivity contribution in [2.75, 3.05) is 20.6 Å². The Morgan fingerprint density at radius 3 is 2.59 bits per heavy atom. The number of aryl methyl sites for hydroxylation is 1. The van der Waals surface area contributed by atoms with Crippen LogP contribution in [-0.2, 0) is 11.2 Å². The molecule has 17 heavy (non-hydrogen) atoms. The van der Waals surface area contributed by atoms with Gasteiger partial charge in [0, 0.05) is 20.6 Å². The highest BCUT2D eigenvalue weighted by Crippen LogP contribution is 2.15. The summed E-state index contributed by atoms with van der Waals surface area (Å²) in [6.45, 7) is 2.14. The lowest BCUT2D eigenvalue weighted by Crippen LogP contribution is -2.35. The molecular formula is C13H19FN2O. The van der Waals surface area contributed by atoms with Crippen molar-refractivity contribution >= 4 is 5.91 Å². The number of hydrogen-bond acceptors (Lipinski definition) is 2. The number of carbonyl (C=O) groups is 1. The van der Waals surface area contributed by atoms with Crippen molar-refractivity contribution in [1.82, 2.24) is 4.90 Å². The second-order valence-electron chi connectivity index (χ2n) is 4.44. The van der Waals surface area contributed by atoms with E-state index >= 15 is 0 Å². The molecule has 1 unspecified atom stereocenters. The first-order valence-corrected chi connectivity index (χ1v) is 5.62. The third-order valence-electron chi connectivity index (χ3n) is 2.85. The van der Waals surface area contributed by atoms with Gasteiger partial charge in [-0.25, -0.2) is 4.39 Å². The molecule has 0 bridgehead atoms. The molecule has 0 heterocycles. The molecule has 1 atom stereocenters. The zero-order valence-electron chi connectivity index (χ0n) is 10.5. The van der Waals surface area contributed by atoms with E-state index in [-0.39, 0.29) is 17.6 Å². The van der Waals surface area contributed by atoms with Gasteiger partial charge in [-0.2, -0.15) is 0 Å². The third kappa shape index (κ3) is 3.53. The maximum Gasteiger partial charge on any atom is 0.226 e. The average Bonchev–Trinajstić information content (AvgIpc) is 2.27. The number of halogens is 1. The molecule has 3 nitrogen and oxygen atoms in total. The van der Waals surface area contributed by atoms with Gasteiger partial charge in [-0.05, 0) is 36.6 Å². The van der Waals surface area contributed by atoms with Crippen molar-refractivity contribution in [3.63, 3.8) is 0 Å². The van der Waals surface area contributed by atoms with E-state index in [0.717, 1.165) is 11.1 Å². The van der Waals surface area contributed by atoms with Crippen molar-refractivity contribution in [2.45, 2.75) is 13.3 Å². The maximum absolute atomic E-state index is 13.0. The number of amides is 1. The van der Waals surface area contributed by atoms with Gasteiger partial charge in [0.25, 0.3) is 0 Å². The molecule has 0 saturated heterocycles. The topological polar surface area (TPSA) is 46.3 Å². The van der Waals surface area contributed by atoms with Crippen LogP contribution in [0.1, 0.15) is 11.1 Å². The van der Waals surface area contributed by atoms with Crippen molar-refractivity contribution in [2.24, 2.45) is 11.7 Å². The lowest BCUT2D eigenvalue weighted by atomic mass is 9.95. The van der Waals surface area contributed by atoms with Crippen LogP contribution in [0.2, 0.25) is 0 Å². The lowest BCUT2D eigenvalue weighted by Gasteiger charge is -2.19. The molecule has 0 saturated carbocycles. The molecule has 0 spiro atoms. The Kier molecular flexibility index (Phi) is 4.63. The Bertz CT molecular complexity index is 404. The van der Waals surface area contributed by atoms with Crippen molar-refractivity contribution < 1.29 is 9.18 Å². The van der Waals surface area contributed by atoms with Crippen LogP contribution in [0.4, 0.5) is 4.39 Å². The van der Waals surface area contributed by atoms with Gasteiger partial charge in [-0.15, -0.1) is 0 Å². The Balaban J connectivity index is 2.84. The van der Waals surface area contributed by atoms with Crippen LogP contribution in [0.5, 0.6) is 0 Å². The van der Waals surface area contributed by atoms with E-state index in [0.29, 0.717) is 13.0 Å². The molecule has 1 aromatic carbocycles. The molecule has 94 valence electrons. The zero-order chi connectivity index (χ0) is 13.0. The van der Waals surface area contributed by atoms with E-state index in [2.05, 4.69) is 0 Å². The van der Waals surface area contributed by atoms with Crippen LogP contribution in [0.3, 0.4) is 0 Å². The highest BCUT2D eigenvalue weighted by Gasteiger charge is 2.19. The van der Waals surface area contributed by atoms with Gasteiger partial charge in [0.1, 0.15) is 5.82 Å². The minimum Gasteiger partial charge on any atom is -0.349 e. The van der Waals surface area contributed by atoms with Gasteiger partial charge in [0.15, 0.2) is 0 Å². The normalized spacial score (nSPS) is 12.3. The minimum absolute atomic E-state index is 0.0104. The number of nitrogens with zero attached hydrogens (tertiary/aromatic N) is 1. The summed E-state index contributed by atoms with van der Waals surface area (Å²) in [4.78, 5) is 13.4. The molecule has 0 aromatic heterocycles. The fourth-order valence-electron chi connectivity index (χ4n) is 1.79. The molecule has 2 N–H and O–H groups in total. The van der Waals surface area contributed by atoms with Gasteiger partial charge in [-0.1, -0.05) is 6.07 Å². The molecule has 0 aliphatic heterocycles. The molecule has 4 heteroatoms. The van der Waals surface area contributed by atoms with Crippen LogP contribution in [0, 0.1) is 18.7 Å². The highest BCUT2D eigenvalue weighted by atomic mass is 19.1. The summed E-state index contributed by atoms with van der Waals surface area (Å²) in [5.41, 5.74) is 7.44. The van der Waals surface area contributed by atoms with E-state index < -0.39 is 0 Å². The second kappa shape index (κ2) is 5.77. The molecule has 1 rings (SSSR count). The quantitative estimate of drug-likeness (QED) is 0.860. The third-order valence-corrected chi connectivity index (χ3v) is 2.85. The first kappa shape index (κ1) is 13.6. The predicted molar refractivity (Wildman–Crippen MR) is 66.1 cm³/mol. The Morgan fingerprint density at radius 2 is 2.12 bits per heavy atom. The standard InChI is InChI=1S/C13H19FN2O/c1-9-6-12(14)5-4-10(9)7-11(8-15)13(17)16(2)3/h4-6,11H,7-8,15H2,1-3H3. The Morgan fingerprint density at radius 1 is 1.47 bits per heavy atom. The fourth-order valence-corrected chi connectivity index (χ4v) is 1.79. The number of benzene rings is 1. The fraction of sp³-hybridized carbons (Fsp3) is 0.462. The van der Waals surface area contributed by atoms with Crippen LogP contribution in [-0.4, -0.2) is 31.4 Å².